The molecular formula is C23H27N5O4S. The molecule has 0 fully saturated rings. The fraction of sp³-hybridized carbons (Fsp3) is 0.348. The van der Waals surface area contributed by atoms with Crippen molar-refractivity contribution in [3.05, 3.63) is 69.5 Å². The second-order valence-electron chi connectivity index (χ2n) is 7.44. The van der Waals surface area contributed by atoms with E-state index in [2.05, 4.69) is 22.4 Å². The van der Waals surface area contributed by atoms with Crippen molar-refractivity contribution in [2.75, 3.05) is 11.1 Å². The van der Waals surface area contributed by atoms with Crippen molar-refractivity contribution in [1.29, 1.82) is 0 Å². The Morgan fingerprint density at radius 3 is 2.55 bits per heavy atom. The van der Waals surface area contributed by atoms with E-state index >= 15 is 0 Å². The van der Waals surface area contributed by atoms with Gasteiger partial charge in [0.05, 0.1) is 10.7 Å². The highest BCUT2D eigenvalue weighted by atomic mass is 32.2. The number of carbonyl (C=O) groups excluding carboxylic acids is 1. The molecule has 9 nitrogen and oxygen atoms in total. The first kappa shape index (κ1) is 24.2. The van der Waals surface area contributed by atoms with Gasteiger partial charge in [-0.1, -0.05) is 30.8 Å². The summed E-state index contributed by atoms with van der Waals surface area (Å²) in [5.41, 5.74) is 2.40. The number of carbonyl (C=O) groups is 1. The third kappa shape index (κ3) is 6.10. The van der Waals surface area contributed by atoms with Crippen LogP contribution in [0.5, 0.6) is 5.75 Å². The summed E-state index contributed by atoms with van der Waals surface area (Å²) >= 11 is 1.28. The molecule has 33 heavy (non-hydrogen) atoms. The van der Waals surface area contributed by atoms with Gasteiger partial charge >= 0.3 is 0 Å². The Balaban J connectivity index is 1.62. The van der Waals surface area contributed by atoms with Crippen molar-refractivity contribution in [3.63, 3.8) is 0 Å². The number of nitrogens with zero attached hydrogens (tertiary/aromatic N) is 4. The lowest BCUT2D eigenvalue weighted by atomic mass is 10.2. The summed E-state index contributed by atoms with van der Waals surface area (Å²) in [6.45, 7) is 8.36. The van der Waals surface area contributed by atoms with E-state index in [0.717, 1.165) is 12.2 Å². The molecule has 3 rings (SSSR count). The van der Waals surface area contributed by atoms with Crippen LogP contribution in [-0.2, 0) is 17.8 Å². The molecule has 0 saturated heterocycles. The zero-order valence-corrected chi connectivity index (χ0v) is 19.9. The fourth-order valence-corrected chi connectivity index (χ4v) is 4.09. The Morgan fingerprint density at radius 1 is 1.21 bits per heavy atom. The molecule has 0 aliphatic heterocycles. The molecule has 0 bridgehead atoms. The zero-order chi connectivity index (χ0) is 24.0. The molecule has 2 aromatic carbocycles. The lowest BCUT2D eigenvalue weighted by Gasteiger charge is -2.16. The number of benzene rings is 2. The van der Waals surface area contributed by atoms with E-state index in [-0.39, 0.29) is 23.5 Å². The summed E-state index contributed by atoms with van der Waals surface area (Å²) in [7, 11) is 0. The number of nitro groups is 1. The molecule has 1 amide bonds. The third-order valence-corrected chi connectivity index (χ3v) is 6.06. The van der Waals surface area contributed by atoms with E-state index in [0.29, 0.717) is 28.8 Å². The molecule has 1 heterocycles. The van der Waals surface area contributed by atoms with E-state index < -0.39 is 4.92 Å². The van der Waals surface area contributed by atoms with Crippen molar-refractivity contribution < 1.29 is 14.5 Å². The summed E-state index contributed by atoms with van der Waals surface area (Å²) in [6, 6.07) is 12.3. The van der Waals surface area contributed by atoms with Gasteiger partial charge in [0, 0.05) is 24.4 Å². The Kier molecular flexibility index (Phi) is 8.05. The second kappa shape index (κ2) is 11.0. The van der Waals surface area contributed by atoms with Crippen LogP contribution >= 0.6 is 11.8 Å². The SMILES string of the molecule is CCc1ccc(O[C@@H](C)c2nnc(SCC(=O)Nc3ccc([N+](=O)[O-])cc3C)n2CC)cc1. The first-order valence-electron chi connectivity index (χ1n) is 10.7. The number of nitrogens with one attached hydrogen (secondary N) is 1. The van der Waals surface area contributed by atoms with Crippen LogP contribution in [0.15, 0.2) is 47.6 Å². The molecule has 1 atom stereocenters. The Hall–Kier alpha value is -3.40. The van der Waals surface area contributed by atoms with Crippen LogP contribution in [0.1, 0.15) is 43.8 Å². The zero-order valence-electron chi connectivity index (χ0n) is 19.1. The number of aromatic nitrogens is 3. The lowest BCUT2D eigenvalue weighted by molar-refractivity contribution is -0.384. The smallest absolute Gasteiger partial charge is 0.269 e. The van der Waals surface area contributed by atoms with Crippen LogP contribution in [0.25, 0.3) is 0 Å². The lowest BCUT2D eigenvalue weighted by Crippen LogP contribution is -2.16. The predicted octanol–water partition coefficient (Wildman–Crippen LogP) is 4.95. The van der Waals surface area contributed by atoms with E-state index in [1.807, 2.05) is 42.7 Å². The van der Waals surface area contributed by atoms with Crippen LogP contribution in [0.4, 0.5) is 11.4 Å². The normalized spacial score (nSPS) is 11.8. The molecule has 0 radical (unpaired) electrons. The average Bonchev–Trinajstić information content (AvgIpc) is 3.22. The molecule has 0 saturated carbocycles. The number of aryl methyl sites for hydroxylation is 2. The molecule has 0 aliphatic rings. The van der Waals surface area contributed by atoms with Crippen LogP contribution in [-0.4, -0.2) is 31.3 Å². The van der Waals surface area contributed by atoms with Gasteiger partial charge in [-0.2, -0.15) is 0 Å². The molecule has 3 aromatic rings. The van der Waals surface area contributed by atoms with Gasteiger partial charge in [0.25, 0.3) is 5.69 Å². The van der Waals surface area contributed by atoms with Gasteiger partial charge in [-0.25, -0.2) is 0 Å². The summed E-state index contributed by atoms with van der Waals surface area (Å²) in [5, 5.41) is 22.8. The summed E-state index contributed by atoms with van der Waals surface area (Å²) in [4.78, 5) is 22.9. The number of nitro benzene ring substituents is 1. The number of anilines is 1. The van der Waals surface area contributed by atoms with Gasteiger partial charge in [0.15, 0.2) is 17.1 Å². The standard InChI is InChI=1S/C23H27N5O4S/c1-5-17-7-10-19(11-8-17)32-16(4)22-25-26-23(27(22)6-2)33-14-21(29)24-20-12-9-18(28(30)31)13-15(20)3/h7-13,16H,5-6,14H2,1-4H3,(H,24,29)/t16-/m0/s1. The van der Waals surface area contributed by atoms with E-state index in [1.54, 1.807) is 6.92 Å². The van der Waals surface area contributed by atoms with Crippen molar-refractivity contribution in [1.82, 2.24) is 14.8 Å². The van der Waals surface area contributed by atoms with Crippen molar-refractivity contribution in [2.45, 2.75) is 51.9 Å². The highest BCUT2D eigenvalue weighted by Gasteiger charge is 2.20. The Bertz CT molecular complexity index is 1130. The predicted molar refractivity (Wildman–Crippen MR) is 128 cm³/mol. The molecule has 1 N–H and O–H groups in total. The topological polar surface area (TPSA) is 112 Å². The van der Waals surface area contributed by atoms with Crippen LogP contribution in [0, 0.1) is 17.0 Å². The van der Waals surface area contributed by atoms with Gasteiger partial charge in [0.2, 0.25) is 5.91 Å². The highest BCUT2D eigenvalue weighted by molar-refractivity contribution is 7.99. The number of amides is 1. The van der Waals surface area contributed by atoms with Crippen LogP contribution in [0.3, 0.4) is 0 Å². The van der Waals surface area contributed by atoms with Crippen molar-refractivity contribution in [3.8, 4) is 5.75 Å². The van der Waals surface area contributed by atoms with E-state index in [9.17, 15) is 14.9 Å². The minimum absolute atomic E-state index is 0.0129. The number of rotatable bonds is 10. The highest BCUT2D eigenvalue weighted by Crippen LogP contribution is 2.26. The molecule has 1 aromatic heterocycles. The maximum atomic E-state index is 12.4. The number of ether oxygens (including phenoxy) is 1. The summed E-state index contributed by atoms with van der Waals surface area (Å²) in [6.07, 6.45) is 0.661. The maximum Gasteiger partial charge on any atom is 0.269 e. The largest absolute Gasteiger partial charge is 0.483 e. The van der Waals surface area contributed by atoms with Crippen LogP contribution in [0.2, 0.25) is 0 Å². The first-order valence-corrected chi connectivity index (χ1v) is 11.7. The van der Waals surface area contributed by atoms with Crippen molar-refractivity contribution >= 4 is 29.0 Å². The van der Waals surface area contributed by atoms with Crippen molar-refractivity contribution in [2.24, 2.45) is 0 Å². The minimum atomic E-state index is -0.464. The van der Waals surface area contributed by atoms with E-state index in [4.69, 9.17) is 4.74 Å². The number of non-ortho nitro benzene ring substituents is 1. The first-order chi connectivity index (χ1) is 15.8. The van der Waals surface area contributed by atoms with Gasteiger partial charge in [0.1, 0.15) is 5.75 Å². The third-order valence-electron chi connectivity index (χ3n) is 5.10. The van der Waals surface area contributed by atoms with Gasteiger partial charge in [-0.05, 0) is 56.5 Å². The number of hydrogen-bond donors (Lipinski definition) is 1. The maximum absolute atomic E-state index is 12.4. The molecule has 0 spiro atoms. The second-order valence-corrected chi connectivity index (χ2v) is 8.38. The monoisotopic (exact) mass is 469 g/mol. The van der Waals surface area contributed by atoms with Gasteiger partial charge in [-0.3, -0.25) is 14.9 Å². The number of thioether (sulfide) groups is 1. The fourth-order valence-electron chi connectivity index (χ4n) is 3.28. The Morgan fingerprint density at radius 2 is 1.94 bits per heavy atom. The number of hydrogen-bond acceptors (Lipinski definition) is 7. The molecule has 10 heteroatoms. The quantitative estimate of drug-likeness (QED) is 0.254. The molecule has 0 aliphatic carbocycles. The van der Waals surface area contributed by atoms with Crippen LogP contribution < -0.4 is 10.1 Å². The summed E-state index contributed by atoms with van der Waals surface area (Å²) in [5.74, 6) is 1.34. The Labute approximate surface area is 196 Å². The van der Waals surface area contributed by atoms with Gasteiger partial charge < -0.3 is 14.6 Å². The molecule has 0 unspecified atom stereocenters. The minimum Gasteiger partial charge on any atom is -0.483 e. The molecular weight excluding hydrogens is 442 g/mol. The van der Waals surface area contributed by atoms with Gasteiger partial charge in [-0.15, -0.1) is 10.2 Å². The van der Waals surface area contributed by atoms with E-state index in [1.165, 1.54) is 35.5 Å². The summed E-state index contributed by atoms with van der Waals surface area (Å²) < 4.78 is 7.97. The molecule has 174 valence electrons. The average molecular weight is 470 g/mol.